The highest BCUT2D eigenvalue weighted by Gasteiger charge is 2.29. The van der Waals surface area contributed by atoms with Crippen LogP contribution >= 0.6 is 15.9 Å². The number of rotatable bonds is 6. The number of nitrogens with one attached hydrogen (secondary N) is 2. The van der Waals surface area contributed by atoms with Gasteiger partial charge in [0.1, 0.15) is 6.54 Å². The van der Waals surface area contributed by atoms with E-state index in [2.05, 4.69) is 26.6 Å². The minimum Gasteiger partial charge on any atom is -0.351 e. The van der Waals surface area contributed by atoms with E-state index in [-0.39, 0.29) is 30.2 Å². The summed E-state index contributed by atoms with van der Waals surface area (Å²) in [5.74, 6) is -0.349. The molecule has 1 aliphatic rings. The predicted molar refractivity (Wildman–Crippen MR) is 95.2 cm³/mol. The van der Waals surface area contributed by atoms with Gasteiger partial charge in [-0.15, -0.1) is 0 Å². The zero-order valence-corrected chi connectivity index (χ0v) is 15.1. The molecule has 1 aromatic carbocycles. The van der Waals surface area contributed by atoms with E-state index in [1.807, 2.05) is 12.1 Å². The van der Waals surface area contributed by atoms with E-state index in [4.69, 9.17) is 5.26 Å². The van der Waals surface area contributed by atoms with Crippen LogP contribution < -0.4 is 10.6 Å². The van der Waals surface area contributed by atoms with Gasteiger partial charge in [0.25, 0.3) is 5.91 Å². The Morgan fingerprint density at radius 1 is 1.25 bits per heavy atom. The summed E-state index contributed by atoms with van der Waals surface area (Å²) in [5, 5.41) is 14.2. The van der Waals surface area contributed by atoms with Gasteiger partial charge in [0.2, 0.25) is 5.91 Å². The molecule has 0 radical (unpaired) electrons. The number of carbonyl (C=O) groups excluding carboxylic acids is 2. The van der Waals surface area contributed by atoms with E-state index in [0.29, 0.717) is 12.1 Å². The number of nitriles is 1. The maximum absolute atomic E-state index is 12.4. The maximum atomic E-state index is 12.4. The Morgan fingerprint density at radius 3 is 2.67 bits per heavy atom. The summed E-state index contributed by atoms with van der Waals surface area (Å²) in [6.07, 6.45) is 5.43. The fourth-order valence-corrected chi connectivity index (χ4v) is 3.60. The van der Waals surface area contributed by atoms with Gasteiger partial charge in [-0.3, -0.25) is 9.59 Å². The van der Waals surface area contributed by atoms with Gasteiger partial charge in [0, 0.05) is 16.6 Å². The van der Waals surface area contributed by atoms with Crippen LogP contribution in [0.2, 0.25) is 0 Å². The smallest absolute Gasteiger partial charge is 0.251 e. The number of halogens is 1. The first-order valence-corrected chi connectivity index (χ1v) is 9.09. The summed E-state index contributed by atoms with van der Waals surface area (Å²) in [6.45, 7) is 0.301. The normalized spacial score (nSPS) is 16.0. The summed E-state index contributed by atoms with van der Waals surface area (Å²) in [7, 11) is 0. The molecule has 24 heavy (non-hydrogen) atoms. The lowest BCUT2D eigenvalue weighted by atomic mass is 9.79. The first-order valence-electron chi connectivity index (χ1n) is 8.30. The third kappa shape index (κ3) is 5.34. The van der Waals surface area contributed by atoms with Crippen LogP contribution in [0.5, 0.6) is 0 Å². The molecule has 2 rings (SSSR count). The Morgan fingerprint density at radius 2 is 2.00 bits per heavy atom. The van der Waals surface area contributed by atoms with Gasteiger partial charge >= 0.3 is 0 Å². The molecule has 0 spiro atoms. The van der Waals surface area contributed by atoms with Crippen molar-refractivity contribution in [1.82, 2.24) is 10.6 Å². The highest BCUT2D eigenvalue weighted by molar-refractivity contribution is 9.10. The average Bonchev–Trinajstić information content (AvgIpc) is 2.60. The third-order valence-corrected chi connectivity index (χ3v) is 4.96. The first-order chi connectivity index (χ1) is 11.6. The number of hydrogen-bond acceptors (Lipinski definition) is 3. The zero-order valence-electron chi connectivity index (χ0n) is 13.6. The van der Waals surface area contributed by atoms with Gasteiger partial charge in [-0.2, -0.15) is 5.26 Å². The summed E-state index contributed by atoms with van der Waals surface area (Å²) in [5.41, 5.74) is 0.559. The molecule has 1 aliphatic carbocycles. The standard InChI is InChI=1S/C18H22BrN3O2/c19-15-8-4-7-14(11-15)17(23)22-12-16(18(24)21-10-9-20)13-5-2-1-3-6-13/h4,7-8,11,13,16H,1-3,5-6,10,12H2,(H,21,24)(H,22,23). The van der Waals surface area contributed by atoms with Crippen molar-refractivity contribution in [3.63, 3.8) is 0 Å². The summed E-state index contributed by atoms with van der Waals surface area (Å²) in [4.78, 5) is 24.7. The number of nitrogens with zero attached hydrogens (tertiary/aromatic N) is 1. The molecule has 128 valence electrons. The van der Waals surface area contributed by atoms with Gasteiger partial charge in [0.05, 0.1) is 12.0 Å². The summed E-state index contributed by atoms with van der Waals surface area (Å²) >= 11 is 3.35. The quantitative estimate of drug-likeness (QED) is 0.731. The minimum atomic E-state index is -0.283. The van der Waals surface area contributed by atoms with Gasteiger partial charge in [0.15, 0.2) is 0 Å². The minimum absolute atomic E-state index is 0.00162. The van der Waals surface area contributed by atoms with Gasteiger partial charge in [-0.25, -0.2) is 0 Å². The third-order valence-electron chi connectivity index (χ3n) is 4.47. The van der Waals surface area contributed by atoms with Crippen LogP contribution in [0.3, 0.4) is 0 Å². The van der Waals surface area contributed by atoms with E-state index < -0.39 is 0 Å². The van der Waals surface area contributed by atoms with Crippen molar-refractivity contribution in [2.45, 2.75) is 32.1 Å². The van der Waals surface area contributed by atoms with Crippen molar-refractivity contribution in [1.29, 1.82) is 5.26 Å². The lowest BCUT2D eigenvalue weighted by molar-refractivity contribution is -0.126. The van der Waals surface area contributed by atoms with Gasteiger partial charge in [-0.1, -0.05) is 41.3 Å². The Kier molecular flexibility index (Phi) is 7.26. The molecule has 2 N–H and O–H groups in total. The highest BCUT2D eigenvalue weighted by atomic mass is 79.9. The van der Waals surface area contributed by atoms with Crippen LogP contribution in [0.15, 0.2) is 28.7 Å². The molecule has 1 saturated carbocycles. The monoisotopic (exact) mass is 391 g/mol. The van der Waals surface area contributed by atoms with E-state index >= 15 is 0 Å². The Bertz CT molecular complexity index is 621. The second kappa shape index (κ2) is 9.43. The van der Waals surface area contributed by atoms with Crippen molar-refractivity contribution < 1.29 is 9.59 Å². The summed E-state index contributed by atoms with van der Waals surface area (Å²) < 4.78 is 0.839. The molecule has 1 fully saturated rings. The average molecular weight is 392 g/mol. The van der Waals surface area contributed by atoms with Crippen molar-refractivity contribution in [3.05, 3.63) is 34.3 Å². The molecule has 0 heterocycles. The Hall–Kier alpha value is -1.87. The predicted octanol–water partition coefficient (Wildman–Crippen LogP) is 3.02. The number of amides is 2. The lowest BCUT2D eigenvalue weighted by Gasteiger charge is -2.29. The molecule has 5 nitrogen and oxygen atoms in total. The van der Waals surface area contributed by atoms with E-state index in [0.717, 1.165) is 30.2 Å². The van der Waals surface area contributed by atoms with Crippen LogP contribution in [0.4, 0.5) is 0 Å². The van der Waals surface area contributed by atoms with Crippen molar-refractivity contribution in [2.75, 3.05) is 13.1 Å². The fourth-order valence-electron chi connectivity index (χ4n) is 3.20. The van der Waals surface area contributed by atoms with Gasteiger partial charge in [-0.05, 0) is 37.0 Å². The van der Waals surface area contributed by atoms with E-state index in [1.165, 1.54) is 6.42 Å². The van der Waals surface area contributed by atoms with Crippen LogP contribution in [0, 0.1) is 23.2 Å². The Labute approximate surface area is 150 Å². The van der Waals surface area contributed by atoms with Crippen LogP contribution in [0.25, 0.3) is 0 Å². The molecule has 1 atom stereocenters. The van der Waals surface area contributed by atoms with Crippen LogP contribution in [0.1, 0.15) is 42.5 Å². The molecule has 0 saturated heterocycles. The topological polar surface area (TPSA) is 82.0 Å². The van der Waals surface area contributed by atoms with Crippen molar-refractivity contribution >= 4 is 27.7 Å². The maximum Gasteiger partial charge on any atom is 0.251 e. The van der Waals surface area contributed by atoms with E-state index in [1.54, 1.807) is 18.2 Å². The van der Waals surface area contributed by atoms with Gasteiger partial charge < -0.3 is 10.6 Å². The molecule has 0 aromatic heterocycles. The number of benzene rings is 1. The fraction of sp³-hybridized carbons (Fsp3) is 0.500. The number of carbonyl (C=O) groups is 2. The van der Waals surface area contributed by atoms with Crippen molar-refractivity contribution in [2.24, 2.45) is 11.8 Å². The molecular weight excluding hydrogens is 370 g/mol. The van der Waals surface area contributed by atoms with Crippen LogP contribution in [-0.4, -0.2) is 24.9 Å². The molecule has 0 aliphatic heterocycles. The largest absolute Gasteiger partial charge is 0.351 e. The second-order valence-electron chi connectivity index (χ2n) is 6.10. The van der Waals surface area contributed by atoms with Crippen LogP contribution in [-0.2, 0) is 4.79 Å². The molecule has 0 bridgehead atoms. The molecule has 6 heteroatoms. The van der Waals surface area contributed by atoms with Crippen molar-refractivity contribution in [3.8, 4) is 6.07 Å². The first kappa shape index (κ1) is 18.5. The lowest BCUT2D eigenvalue weighted by Crippen LogP contribution is -2.43. The molecule has 2 amide bonds. The Balaban J connectivity index is 2.00. The SMILES string of the molecule is N#CCNC(=O)C(CNC(=O)c1cccc(Br)c1)C1CCCCC1. The molecular formula is C18H22BrN3O2. The van der Waals surface area contributed by atoms with E-state index in [9.17, 15) is 9.59 Å². The highest BCUT2D eigenvalue weighted by Crippen LogP contribution is 2.30. The summed E-state index contributed by atoms with van der Waals surface area (Å²) in [6, 6.07) is 9.08. The zero-order chi connectivity index (χ0) is 17.4. The second-order valence-corrected chi connectivity index (χ2v) is 7.02. The molecule has 1 aromatic rings. The molecule has 1 unspecified atom stereocenters. The number of hydrogen-bond donors (Lipinski definition) is 2.